The largest absolute Gasteiger partial charge is 0.338 e. The second kappa shape index (κ2) is 11.6. The van der Waals surface area contributed by atoms with Gasteiger partial charge in [0.25, 0.3) is 5.91 Å². The zero-order chi connectivity index (χ0) is 29.2. The molecular formula is C25H26IN7O5S2. The molecule has 1 saturated heterocycles. The Morgan fingerprint density at radius 2 is 1.68 bits per heavy atom. The molecule has 1 amide bonds. The highest BCUT2D eigenvalue weighted by molar-refractivity contribution is 14.1. The maximum absolute atomic E-state index is 13.3. The van der Waals surface area contributed by atoms with Crippen molar-refractivity contribution in [2.45, 2.75) is 11.8 Å². The zero-order valence-corrected chi connectivity index (χ0v) is 25.7. The third-order valence-electron chi connectivity index (χ3n) is 6.27. The van der Waals surface area contributed by atoms with E-state index in [1.54, 1.807) is 31.2 Å². The van der Waals surface area contributed by atoms with Crippen molar-refractivity contribution in [3.63, 3.8) is 0 Å². The fraction of sp³-hybridized carbons (Fsp3) is 0.280. The summed E-state index contributed by atoms with van der Waals surface area (Å²) < 4.78 is 53.8. The smallest absolute Gasteiger partial charge is 0.257 e. The number of piperazine rings is 1. The van der Waals surface area contributed by atoms with Crippen molar-refractivity contribution in [2.75, 3.05) is 54.0 Å². The van der Waals surface area contributed by atoms with E-state index in [4.69, 9.17) is 5.26 Å². The predicted octanol–water partition coefficient (Wildman–Crippen LogP) is 2.42. The zero-order valence-electron chi connectivity index (χ0n) is 21.9. The number of amides is 1. The van der Waals surface area contributed by atoms with Crippen molar-refractivity contribution in [3.8, 4) is 6.07 Å². The van der Waals surface area contributed by atoms with Crippen LogP contribution in [0.25, 0.3) is 0 Å². The molecule has 1 aliphatic heterocycles. The van der Waals surface area contributed by atoms with E-state index in [0.29, 0.717) is 30.4 Å². The van der Waals surface area contributed by atoms with Gasteiger partial charge in [-0.05, 0) is 78.0 Å². The van der Waals surface area contributed by atoms with Crippen molar-refractivity contribution in [3.05, 3.63) is 69.1 Å². The van der Waals surface area contributed by atoms with Gasteiger partial charge in [-0.2, -0.15) is 9.57 Å². The first-order valence-electron chi connectivity index (χ1n) is 12.0. The molecule has 4 rings (SSSR count). The predicted molar refractivity (Wildman–Crippen MR) is 159 cm³/mol. The minimum atomic E-state index is -3.80. The number of nitrogens with zero attached hydrogens (tertiary/aromatic N) is 6. The molecule has 2 aromatic carbocycles. The minimum absolute atomic E-state index is 0.0734. The Labute approximate surface area is 246 Å². The van der Waals surface area contributed by atoms with Gasteiger partial charge in [0, 0.05) is 48.2 Å². The molecule has 1 aromatic heterocycles. The van der Waals surface area contributed by atoms with Crippen molar-refractivity contribution in [2.24, 2.45) is 0 Å². The summed E-state index contributed by atoms with van der Waals surface area (Å²) in [6, 6.07) is 14.2. The van der Waals surface area contributed by atoms with Crippen molar-refractivity contribution in [1.82, 2.24) is 14.3 Å². The van der Waals surface area contributed by atoms with Crippen LogP contribution in [0.15, 0.2) is 53.4 Å². The second-order valence-corrected chi connectivity index (χ2v) is 14.3. The van der Waals surface area contributed by atoms with E-state index < -0.39 is 26.0 Å². The number of sulfonamides is 2. The normalized spacial score (nSPS) is 14.4. The molecule has 0 radical (unpaired) electrons. The topological polar surface area (TPSA) is 157 Å². The molecule has 1 fully saturated rings. The van der Waals surface area contributed by atoms with E-state index >= 15 is 0 Å². The van der Waals surface area contributed by atoms with Gasteiger partial charge in [-0.25, -0.2) is 26.8 Å². The van der Waals surface area contributed by atoms with Crippen LogP contribution < -0.4 is 14.5 Å². The van der Waals surface area contributed by atoms with E-state index in [0.717, 1.165) is 14.1 Å². The number of hydrogen-bond donors (Lipinski definition) is 1. The highest BCUT2D eigenvalue weighted by Gasteiger charge is 2.29. The number of anilines is 3. The van der Waals surface area contributed by atoms with Crippen LogP contribution in [0.2, 0.25) is 0 Å². The first kappa shape index (κ1) is 29.6. The second-order valence-electron chi connectivity index (χ2n) is 9.07. The van der Waals surface area contributed by atoms with Gasteiger partial charge < -0.3 is 10.2 Å². The summed E-state index contributed by atoms with van der Waals surface area (Å²) >= 11 is 2.03. The van der Waals surface area contributed by atoms with Gasteiger partial charge >= 0.3 is 0 Å². The molecule has 40 heavy (non-hydrogen) atoms. The van der Waals surface area contributed by atoms with E-state index in [2.05, 4.69) is 15.3 Å². The number of carbonyl (C=O) groups is 1. The molecule has 0 unspecified atom stereocenters. The Morgan fingerprint density at radius 3 is 2.27 bits per heavy atom. The standard InChI is InChI=1S/C25H26IN7O5S2/c1-17-14-20(16-27)30-25(28-17)32-10-12-33(13-11-32)40(37,38)21-7-5-19(6-8-21)29-24(34)22-15-18(26)4-9-23(22)31(2)39(3,35)36/h4-9,14-15H,10-13H2,1-3H3,(H,29,34). The lowest BCUT2D eigenvalue weighted by atomic mass is 10.1. The number of halogens is 1. The summed E-state index contributed by atoms with van der Waals surface area (Å²) in [6.07, 6.45) is 1.05. The summed E-state index contributed by atoms with van der Waals surface area (Å²) in [7, 11) is -6.03. The van der Waals surface area contributed by atoms with Crippen LogP contribution in [0.4, 0.5) is 17.3 Å². The van der Waals surface area contributed by atoms with Crippen LogP contribution in [0.5, 0.6) is 0 Å². The summed E-state index contributed by atoms with van der Waals surface area (Å²) in [5, 5.41) is 11.9. The molecule has 15 heteroatoms. The Hall–Kier alpha value is -3.33. The third kappa shape index (κ3) is 6.52. The number of hydrogen-bond acceptors (Lipinski definition) is 9. The van der Waals surface area contributed by atoms with Crippen LogP contribution >= 0.6 is 22.6 Å². The molecule has 1 N–H and O–H groups in total. The van der Waals surface area contributed by atoms with Crippen LogP contribution in [0.1, 0.15) is 21.7 Å². The summed E-state index contributed by atoms with van der Waals surface area (Å²) in [4.78, 5) is 23.6. The highest BCUT2D eigenvalue weighted by atomic mass is 127. The Morgan fingerprint density at radius 1 is 1.02 bits per heavy atom. The summed E-state index contributed by atoms with van der Waals surface area (Å²) in [5.41, 5.74) is 1.65. The van der Waals surface area contributed by atoms with Gasteiger partial charge in [0.2, 0.25) is 26.0 Å². The molecule has 0 saturated carbocycles. The fourth-order valence-electron chi connectivity index (χ4n) is 4.08. The third-order valence-corrected chi connectivity index (χ3v) is 10.0. The quantitative estimate of drug-likeness (QED) is 0.367. The molecule has 2 heterocycles. The number of benzene rings is 2. The molecule has 0 bridgehead atoms. The van der Waals surface area contributed by atoms with Crippen LogP contribution in [0.3, 0.4) is 0 Å². The molecule has 0 aliphatic carbocycles. The minimum Gasteiger partial charge on any atom is -0.338 e. The highest BCUT2D eigenvalue weighted by Crippen LogP contribution is 2.26. The maximum atomic E-state index is 13.3. The number of carbonyl (C=O) groups excluding carboxylic acids is 1. The van der Waals surface area contributed by atoms with E-state index in [-0.39, 0.29) is 34.9 Å². The number of aromatic nitrogens is 2. The molecular weight excluding hydrogens is 669 g/mol. The molecule has 3 aromatic rings. The molecule has 1 aliphatic rings. The van der Waals surface area contributed by atoms with Gasteiger partial charge in [0.05, 0.1) is 22.4 Å². The first-order valence-corrected chi connectivity index (χ1v) is 16.3. The molecule has 210 valence electrons. The Bertz CT molecular complexity index is 1700. The number of aryl methyl sites for hydroxylation is 1. The van der Waals surface area contributed by atoms with E-state index in [9.17, 15) is 21.6 Å². The van der Waals surface area contributed by atoms with Crippen LogP contribution in [-0.4, -0.2) is 76.5 Å². The monoisotopic (exact) mass is 695 g/mol. The maximum Gasteiger partial charge on any atom is 0.257 e. The van der Waals surface area contributed by atoms with Gasteiger partial charge in [0.1, 0.15) is 11.8 Å². The number of nitriles is 1. The molecule has 0 atom stereocenters. The van der Waals surface area contributed by atoms with E-state index in [1.807, 2.05) is 33.6 Å². The van der Waals surface area contributed by atoms with Crippen molar-refractivity contribution < 1.29 is 21.6 Å². The number of rotatable bonds is 7. The van der Waals surface area contributed by atoms with Gasteiger partial charge in [-0.3, -0.25) is 9.10 Å². The molecule has 0 spiro atoms. The Balaban J connectivity index is 1.46. The van der Waals surface area contributed by atoms with Gasteiger partial charge in [0.15, 0.2) is 0 Å². The lowest BCUT2D eigenvalue weighted by Crippen LogP contribution is -2.49. The van der Waals surface area contributed by atoms with E-state index in [1.165, 1.54) is 35.6 Å². The van der Waals surface area contributed by atoms with Gasteiger partial charge in [-0.15, -0.1) is 0 Å². The Kier molecular flexibility index (Phi) is 8.63. The van der Waals surface area contributed by atoms with Crippen molar-refractivity contribution in [1.29, 1.82) is 5.26 Å². The van der Waals surface area contributed by atoms with Gasteiger partial charge in [-0.1, -0.05) is 0 Å². The number of nitrogens with one attached hydrogen (secondary N) is 1. The first-order chi connectivity index (χ1) is 18.8. The lowest BCUT2D eigenvalue weighted by Gasteiger charge is -2.34. The average Bonchev–Trinajstić information content (AvgIpc) is 2.92. The SMILES string of the molecule is Cc1cc(C#N)nc(N2CCN(S(=O)(=O)c3ccc(NC(=O)c4cc(I)ccc4N(C)S(C)(=O)=O)cc3)CC2)n1. The summed E-state index contributed by atoms with van der Waals surface area (Å²) in [5.74, 6) is -0.138. The van der Waals surface area contributed by atoms with Crippen molar-refractivity contribution >= 4 is 65.9 Å². The lowest BCUT2D eigenvalue weighted by molar-refractivity contribution is 0.102. The van der Waals surface area contributed by atoms with Crippen LogP contribution in [0, 0.1) is 21.8 Å². The van der Waals surface area contributed by atoms with Crippen LogP contribution in [-0.2, 0) is 20.0 Å². The summed E-state index contributed by atoms with van der Waals surface area (Å²) in [6.45, 7) is 2.92. The fourth-order valence-corrected chi connectivity index (χ4v) is 6.51. The average molecular weight is 696 g/mol. The molecule has 12 nitrogen and oxygen atoms in total.